The van der Waals surface area contributed by atoms with E-state index in [2.05, 4.69) is 95.6 Å². The van der Waals surface area contributed by atoms with E-state index in [0.29, 0.717) is 17.5 Å². The first-order chi connectivity index (χ1) is 27.8. The minimum atomic E-state index is 0.534. The number of aromatic nitrogens is 5. The second kappa shape index (κ2) is 13.0. The molecule has 6 heteroatoms. The van der Waals surface area contributed by atoms with Gasteiger partial charge in [-0.3, -0.25) is 4.98 Å². The number of pyridine rings is 1. The van der Waals surface area contributed by atoms with Crippen molar-refractivity contribution in [3.05, 3.63) is 188 Å². The van der Waals surface area contributed by atoms with E-state index in [0.717, 1.165) is 83.1 Å². The number of rotatable bonds is 6. The van der Waals surface area contributed by atoms with Crippen molar-refractivity contribution in [1.82, 2.24) is 24.5 Å². The average Bonchev–Trinajstić information content (AvgIpc) is 3.83. The zero-order valence-corrected chi connectivity index (χ0v) is 30.0. The second-order valence-corrected chi connectivity index (χ2v) is 13.8. The molecule has 0 spiro atoms. The molecule has 0 bridgehead atoms. The van der Waals surface area contributed by atoms with E-state index in [9.17, 15) is 0 Å². The third kappa shape index (κ3) is 5.19. The fraction of sp³-hybridized carbons (Fsp3) is 0. The van der Waals surface area contributed by atoms with E-state index < -0.39 is 0 Å². The summed E-state index contributed by atoms with van der Waals surface area (Å²) in [6.07, 6.45) is 1.95. The van der Waals surface area contributed by atoms with Crippen molar-refractivity contribution in [2.24, 2.45) is 0 Å². The van der Waals surface area contributed by atoms with E-state index in [-0.39, 0.29) is 0 Å². The van der Waals surface area contributed by atoms with Gasteiger partial charge in [-0.05, 0) is 48.0 Å². The SMILES string of the molecule is c1ccc(-c2cnc(-c3cccc4oc5ccc6c7ccccc7n(-c7ccccc7)c6c5c34)c(-c3nc(-c4ccccc4)nc(-c4ccccc4)n3)c2)cc1. The van der Waals surface area contributed by atoms with Gasteiger partial charge in [0.1, 0.15) is 11.2 Å². The number of nitrogens with zero attached hydrogens (tertiary/aromatic N) is 5. The van der Waals surface area contributed by atoms with E-state index in [1.54, 1.807) is 0 Å². The molecule has 0 saturated carbocycles. The van der Waals surface area contributed by atoms with Crippen LogP contribution in [0.4, 0.5) is 0 Å². The van der Waals surface area contributed by atoms with Crippen LogP contribution in [0.5, 0.6) is 0 Å². The molecule has 0 N–H and O–H groups in total. The molecule has 4 heterocycles. The highest BCUT2D eigenvalue weighted by Crippen LogP contribution is 2.45. The Morgan fingerprint density at radius 3 is 1.70 bits per heavy atom. The lowest BCUT2D eigenvalue weighted by molar-refractivity contribution is 0.669. The number of hydrogen-bond donors (Lipinski definition) is 0. The highest BCUT2D eigenvalue weighted by atomic mass is 16.3. The predicted molar refractivity (Wildman–Crippen MR) is 226 cm³/mol. The van der Waals surface area contributed by atoms with Crippen LogP contribution in [0.1, 0.15) is 0 Å². The molecule has 0 aliphatic heterocycles. The van der Waals surface area contributed by atoms with E-state index in [4.69, 9.17) is 24.4 Å². The summed E-state index contributed by atoms with van der Waals surface area (Å²) in [5.74, 6) is 1.71. The molecule has 0 fully saturated rings. The molecule has 0 saturated heterocycles. The predicted octanol–water partition coefficient (Wildman–Crippen LogP) is 12.6. The van der Waals surface area contributed by atoms with E-state index in [1.165, 1.54) is 5.39 Å². The molecule has 11 rings (SSSR count). The molecule has 0 aliphatic rings. The lowest BCUT2D eigenvalue weighted by atomic mass is 9.96. The molecule has 7 aromatic carbocycles. The zero-order chi connectivity index (χ0) is 37.0. The summed E-state index contributed by atoms with van der Waals surface area (Å²) in [6.45, 7) is 0. The maximum atomic E-state index is 6.72. The van der Waals surface area contributed by atoms with Crippen LogP contribution in [0.3, 0.4) is 0 Å². The van der Waals surface area contributed by atoms with Crippen molar-refractivity contribution in [2.45, 2.75) is 0 Å². The van der Waals surface area contributed by atoms with Gasteiger partial charge in [0.15, 0.2) is 17.5 Å². The number of furan rings is 1. The van der Waals surface area contributed by atoms with Crippen LogP contribution in [0.25, 0.3) is 106 Å². The Labute approximate surface area is 322 Å². The van der Waals surface area contributed by atoms with Gasteiger partial charge in [0.05, 0.1) is 22.1 Å². The Bertz CT molecular complexity index is 3170. The Balaban J connectivity index is 1.25. The molecular formula is C50H31N5O. The lowest BCUT2D eigenvalue weighted by Crippen LogP contribution is -2.02. The van der Waals surface area contributed by atoms with Crippen molar-refractivity contribution < 1.29 is 4.42 Å². The zero-order valence-electron chi connectivity index (χ0n) is 30.0. The van der Waals surface area contributed by atoms with Crippen molar-refractivity contribution >= 4 is 43.7 Å². The molecule has 262 valence electrons. The Hall–Kier alpha value is -7.70. The van der Waals surface area contributed by atoms with Gasteiger partial charge in [0.2, 0.25) is 0 Å². The van der Waals surface area contributed by atoms with Gasteiger partial charge in [0.25, 0.3) is 0 Å². The third-order valence-corrected chi connectivity index (χ3v) is 10.5. The monoisotopic (exact) mass is 717 g/mol. The van der Waals surface area contributed by atoms with Crippen LogP contribution in [-0.2, 0) is 0 Å². The molecule has 11 aromatic rings. The fourth-order valence-electron chi connectivity index (χ4n) is 7.97. The van der Waals surface area contributed by atoms with Crippen LogP contribution in [-0.4, -0.2) is 24.5 Å². The first-order valence-corrected chi connectivity index (χ1v) is 18.6. The largest absolute Gasteiger partial charge is 0.456 e. The smallest absolute Gasteiger partial charge is 0.166 e. The molecule has 4 aromatic heterocycles. The molecule has 0 amide bonds. The van der Waals surface area contributed by atoms with Crippen molar-refractivity contribution in [3.8, 4) is 62.2 Å². The minimum Gasteiger partial charge on any atom is -0.456 e. The molecule has 0 atom stereocenters. The summed E-state index contributed by atoms with van der Waals surface area (Å²) in [6, 6.07) is 62.2. The standard InChI is InChI=1S/C50H31N5O/c1-5-16-32(17-6-1)35-30-40(50-53-48(33-18-7-2-8-19-33)52-49(54-50)34-20-9-3-10-21-34)46(51-31-35)39-25-15-27-42-44(39)45-43(56-42)29-28-38-37-24-13-14-26-41(37)55(47(38)45)36-22-11-4-12-23-36/h1-31H. The van der Waals surface area contributed by atoms with E-state index >= 15 is 0 Å². The third-order valence-electron chi connectivity index (χ3n) is 10.5. The number of fused-ring (bicyclic) bond motifs is 7. The summed E-state index contributed by atoms with van der Waals surface area (Å²) in [5, 5.41) is 4.34. The van der Waals surface area contributed by atoms with Crippen molar-refractivity contribution in [3.63, 3.8) is 0 Å². The summed E-state index contributed by atoms with van der Waals surface area (Å²) in [5.41, 5.74) is 11.2. The van der Waals surface area contributed by atoms with Crippen molar-refractivity contribution in [1.29, 1.82) is 0 Å². The molecular weight excluding hydrogens is 687 g/mol. The highest BCUT2D eigenvalue weighted by molar-refractivity contribution is 6.27. The molecule has 0 unspecified atom stereocenters. The Kier molecular flexibility index (Phi) is 7.38. The van der Waals surface area contributed by atoms with Gasteiger partial charge < -0.3 is 8.98 Å². The first-order valence-electron chi connectivity index (χ1n) is 18.6. The summed E-state index contributed by atoms with van der Waals surface area (Å²) in [7, 11) is 0. The average molecular weight is 718 g/mol. The molecule has 56 heavy (non-hydrogen) atoms. The number of para-hydroxylation sites is 2. The van der Waals surface area contributed by atoms with Crippen LogP contribution in [0, 0.1) is 0 Å². The van der Waals surface area contributed by atoms with Crippen LogP contribution in [0.15, 0.2) is 193 Å². The maximum absolute atomic E-state index is 6.72. The Morgan fingerprint density at radius 1 is 0.411 bits per heavy atom. The van der Waals surface area contributed by atoms with Gasteiger partial charge in [-0.1, -0.05) is 140 Å². The summed E-state index contributed by atoms with van der Waals surface area (Å²) >= 11 is 0. The first kappa shape index (κ1) is 31.8. The normalized spacial score (nSPS) is 11.6. The van der Waals surface area contributed by atoms with Crippen LogP contribution >= 0.6 is 0 Å². The minimum absolute atomic E-state index is 0.534. The summed E-state index contributed by atoms with van der Waals surface area (Å²) in [4.78, 5) is 20.7. The molecule has 6 nitrogen and oxygen atoms in total. The van der Waals surface area contributed by atoms with Gasteiger partial charge in [-0.15, -0.1) is 0 Å². The number of benzene rings is 7. The van der Waals surface area contributed by atoms with Gasteiger partial charge in [-0.2, -0.15) is 0 Å². The fourth-order valence-corrected chi connectivity index (χ4v) is 7.97. The van der Waals surface area contributed by atoms with Gasteiger partial charge >= 0.3 is 0 Å². The topological polar surface area (TPSA) is 69.6 Å². The quantitative estimate of drug-likeness (QED) is 0.171. The molecule has 0 radical (unpaired) electrons. The Morgan fingerprint density at radius 2 is 1.00 bits per heavy atom. The number of hydrogen-bond acceptors (Lipinski definition) is 5. The van der Waals surface area contributed by atoms with Crippen LogP contribution in [0.2, 0.25) is 0 Å². The van der Waals surface area contributed by atoms with Crippen molar-refractivity contribution in [2.75, 3.05) is 0 Å². The van der Waals surface area contributed by atoms with Gasteiger partial charge in [0, 0.05) is 55.9 Å². The second-order valence-electron chi connectivity index (χ2n) is 13.8. The molecule has 0 aliphatic carbocycles. The van der Waals surface area contributed by atoms with Gasteiger partial charge in [-0.25, -0.2) is 15.0 Å². The highest BCUT2D eigenvalue weighted by Gasteiger charge is 2.24. The maximum Gasteiger partial charge on any atom is 0.166 e. The summed E-state index contributed by atoms with van der Waals surface area (Å²) < 4.78 is 9.08. The lowest BCUT2D eigenvalue weighted by Gasteiger charge is -2.14. The van der Waals surface area contributed by atoms with Crippen LogP contribution < -0.4 is 0 Å². The van der Waals surface area contributed by atoms with E-state index in [1.807, 2.05) is 97.2 Å².